The average Bonchev–Trinajstić information content (AvgIpc) is 1.84. The van der Waals surface area contributed by atoms with Gasteiger partial charge in [0.05, 0.1) is 0 Å². The molecule has 0 saturated heterocycles. The van der Waals surface area contributed by atoms with Crippen LogP contribution < -0.4 is 0 Å². The van der Waals surface area contributed by atoms with Gasteiger partial charge >= 0.3 is 5.97 Å². The van der Waals surface area contributed by atoms with E-state index in [0.29, 0.717) is 0 Å². The summed E-state index contributed by atoms with van der Waals surface area (Å²) >= 11 is 0. The zero-order valence-electron chi connectivity index (χ0n) is 5.77. The molecule has 5 heteroatoms. The quantitative estimate of drug-likeness (QED) is 0.462. The van der Waals surface area contributed by atoms with E-state index < -0.39 is 22.9 Å². The summed E-state index contributed by atoms with van der Waals surface area (Å²) < 4.78 is 0. The molecule has 0 bridgehead atoms. The van der Waals surface area contributed by atoms with Crippen molar-refractivity contribution in [3.8, 4) is 0 Å². The first-order valence-electron chi connectivity index (χ1n) is 2.83. The highest BCUT2D eigenvalue weighted by Gasteiger charge is 2.27. The van der Waals surface area contributed by atoms with Gasteiger partial charge in [-0.05, 0) is 6.92 Å². The highest BCUT2D eigenvalue weighted by Crippen LogP contribution is 2.04. The Bertz CT molecular complexity index is 138. The molecule has 2 atom stereocenters. The molecule has 0 fully saturated rings. The van der Waals surface area contributed by atoms with Crippen LogP contribution in [0.15, 0.2) is 0 Å². The molecular weight excluding hydrogens is 138 g/mol. The maximum atomic E-state index is 10.1. The van der Waals surface area contributed by atoms with Crippen LogP contribution in [-0.2, 0) is 4.79 Å². The fourth-order valence-electron chi connectivity index (χ4n) is 0.389. The number of rotatable bonds is 3. The summed E-state index contributed by atoms with van der Waals surface area (Å²) in [5, 5.41) is 18.3. The number of carboxylic acid groups (broad SMARTS) is 1. The smallest absolute Gasteiger partial charge is 0.313 e. The van der Waals surface area contributed by atoms with Crippen LogP contribution in [0.2, 0.25) is 0 Å². The van der Waals surface area contributed by atoms with Crippen molar-refractivity contribution in [1.82, 2.24) is 0 Å². The number of aliphatic carboxylic acids is 1. The summed E-state index contributed by atoms with van der Waals surface area (Å²) in [5.41, 5.74) is 0. The van der Waals surface area contributed by atoms with Crippen molar-refractivity contribution in [3.63, 3.8) is 0 Å². The summed E-state index contributed by atoms with van der Waals surface area (Å²) in [4.78, 5) is 19.5. The number of hydrogen-bond donors (Lipinski definition) is 1. The highest BCUT2D eigenvalue weighted by atomic mass is 16.6. The van der Waals surface area contributed by atoms with E-state index in [-0.39, 0.29) is 0 Å². The molecule has 0 aromatic rings. The third kappa shape index (κ3) is 2.00. The van der Waals surface area contributed by atoms with E-state index in [1.54, 1.807) is 0 Å². The van der Waals surface area contributed by atoms with Gasteiger partial charge in [-0.2, -0.15) is 0 Å². The lowest BCUT2D eigenvalue weighted by atomic mass is 10.1. The first kappa shape index (κ1) is 8.87. The van der Waals surface area contributed by atoms with Gasteiger partial charge in [0.15, 0.2) is 0 Å². The van der Waals surface area contributed by atoms with Crippen LogP contribution >= 0.6 is 0 Å². The standard InChI is InChI=1S/C5H9NO4/c1-3(5(7)8)4(2)6(9)10/h3-4H,1-2H3,(H,7,8). The van der Waals surface area contributed by atoms with E-state index in [4.69, 9.17) is 5.11 Å². The monoisotopic (exact) mass is 147 g/mol. The number of carboxylic acids is 1. The van der Waals surface area contributed by atoms with Crippen molar-refractivity contribution in [2.24, 2.45) is 5.92 Å². The molecule has 0 spiro atoms. The highest BCUT2D eigenvalue weighted by molar-refractivity contribution is 5.70. The second-order valence-electron chi connectivity index (χ2n) is 2.15. The Morgan fingerprint density at radius 3 is 2.10 bits per heavy atom. The van der Waals surface area contributed by atoms with Crippen LogP contribution in [0.1, 0.15) is 13.8 Å². The Hall–Kier alpha value is -1.13. The summed E-state index contributed by atoms with van der Waals surface area (Å²) in [6.07, 6.45) is 0. The van der Waals surface area contributed by atoms with E-state index >= 15 is 0 Å². The van der Waals surface area contributed by atoms with Gasteiger partial charge in [-0.25, -0.2) is 0 Å². The average molecular weight is 147 g/mol. The fraction of sp³-hybridized carbons (Fsp3) is 0.800. The lowest BCUT2D eigenvalue weighted by Crippen LogP contribution is -2.29. The number of nitro groups is 1. The zero-order valence-corrected chi connectivity index (χ0v) is 5.77. The van der Waals surface area contributed by atoms with Crippen molar-refractivity contribution >= 4 is 5.97 Å². The normalized spacial score (nSPS) is 15.8. The minimum Gasteiger partial charge on any atom is -0.481 e. The molecule has 58 valence electrons. The van der Waals surface area contributed by atoms with E-state index in [1.165, 1.54) is 13.8 Å². The van der Waals surface area contributed by atoms with E-state index in [1.807, 2.05) is 0 Å². The van der Waals surface area contributed by atoms with Crippen LogP contribution in [0.5, 0.6) is 0 Å². The van der Waals surface area contributed by atoms with Gasteiger partial charge < -0.3 is 5.11 Å². The number of nitrogens with zero attached hydrogens (tertiary/aromatic N) is 1. The molecule has 5 nitrogen and oxygen atoms in total. The van der Waals surface area contributed by atoms with Crippen molar-refractivity contribution in [2.45, 2.75) is 19.9 Å². The van der Waals surface area contributed by atoms with Gasteiger partial charge in [0.25, 0.3) is 0 Å². The molecule has 0 rings (SSSR count). The molecule has 0 heterocycles. The molecule has 0 aliphatic rings. The van der Waals surface area contributed by atoms with Crippen molar-refractivity contribution in [1.29, 1.82) is 0 Å². The fourth-order valence-corrected chi connectivity index (χ4v) is 0.389. The second-order valence-corrected chi connectivity index (χ2v) is 2.15. The van der Waals surface area contributed by atoms with Crippen molar-refractivity contribution in [3.05, 3.63) is 10.1 Å². The predicted octanol–water partition coefficient (Wildman–Crippen LogP) is 0.372. The first-order valence-corrected chi connectivity index (χ1v) is 2.83. The van der Waals surface area contributed by atoms with Gasteiger partial charge in [-0.1, -0.05) is 0 Å². The van der Waals surface area contributed by atoms with E-state index in [0.717, 1.165) is 0 Å². The van der Waals surface area contributed by atoms with E-state index in [9.17, 15) is 14.9 Å². The molecule has 0 radical (unpaired) electrons. The van der Waals surface area contributed by atoms with Crippen LogP contribution in [0.3, 0.4) is 0 Å². The third-order valence-corrected chi connectivity index (χ3v) is 1.45. The molecule has 0 saturated carbocycles. The molecule has 0 aliphatic carbocycles. The summed E-state index contributed by atoms with van der Waals surface area (Å²) in [7, 11) is 0. The Balaban J connectivity index is 4.07. The molecule has 0 aromatic heterocycles. The van der Waals surface area contributed by atoms with Crippen LogP contribution in [0.25, 0.3) is 0 Å². The van der Waals surface area contributed by atoms with Gasteiger partial charge in [-0.15, -0.1) is 0 Å². The third-order valence-electron chi connectivity index (χ3n) is 1.45. The lowest BCUT2D eigenvalue weighted by molar-refractivity contribution is -0.524. The minimum atomic E-state index is -1.14. The molecule has 1 N–H and O–H groups in total. The lowest BCUT2D eigenvalue weighted by Gasteiger charge is -2.06. The second kappa shape index (κ2) is 3.14. The first-order chi connectivity index (χ1) is 4.46. The molecule has 0 amide bonds. The van der Waals surface area contributed by atoms with Crippen molar-refractivity contribution < 1.29 is 14.8 Å². The predicted molar refractivity (Wildman–Crippen MR) is 33.3 cm³/mol. The molecule has 0 aliphatic heterocycles. The van der Waals surface area contributed by atoms with Gasteiger partial charge in [0, 0.05) is 11.8 Å². The van der Waals surface area contributed by atoms with Gasteiger partial charge in [0.2, 0.25) is 6.04 Å². The molecule has 0 aromatic carbocycles. The summed E-state index contributed by atoms with van der Waals surface area (Å²) in [6.45, 7) is 2.59. The SMILES string of the molecule is CC(C(=O)O)C(C)[N+](=O)[O-]. The Morgan fingerprint density at radius 1 is 1.60 bits per heavy atom. The maximum absolute atomic E-state index is 10.1. The maximum Gasteiger partial charge on any atom is 0.313 e. The molecule has 2 unspecified atom stereocenters. The van der Waals surface area contributed by atoms with Gasteiger partial charge in [-0.3, -0.25) is 14.9 Å². The largest absolute Gasteiger partial charge is 0.481 e. The topological polar surface area (TPSA) is 80.4 Å². The van der Waals surface area contributed by atoms with Crippen molar-refractivity contribution in [2.75, 3.05) is 0 Å². The van der Waals surface area contributed by atoms with Gasteiger partial charge in [0.1, 0.15) is 5.92 Å². The zero-order chi connectivity index (χ0) is 8.31. The van der Waals surface area contributed by atoms with Crippen LogP contribution in [0.4, 0.5) is 0 Å². The summed E-state index contributed by atoms with van der Waals surface area (Å²) in [5.74, 6) is -2.06. The minimum absolute atomic E-state index is 0.598. The van der Waals surface area contributed by atoms with E-state index in [2.05, 4.69) is 0 Å². The Morgan fingerprint density at radius 2 is 2.00 bits per heavy atom. The van der Waals surface area contributed by atoms with Crippen LogP contribution in [-0.4, -0.2) is 22.0 Å². The number of hydrogen-bond acceptors (Lipinski definition) is 3. The van der Waals surface area contributed by atoms with Crippen LogP contribution in [0, 0.1) is 16.0 Å². The summed E-state index contributed by atoms with van der Waals surface area (Å²) in [6, 6.07) is -1.02. The molecular formula is C5H9NO4. The Kier molecular flexibility index (Phi) is 2.79. The Labute approximate surface area is 57.8 Å². The molecule has 10 heavy (non-hydrogen) atoms. The number of carbonyl (C=O) groups is 1.